The lowest BCUT2D eigenvalue weighted by atomic mass is 9.85. The number of rotatable bonds is 3. The molecule has 1 atom stereocenters. The zero-order chi connectivity index (χ0) is 11.7. The van der Waals surface area contributed by atoms with Crippen molar-refractivity contribution >= 4 is 11.9 Å². The van der Waals surface area contributed by atoms with Crippen LogP contribution in [0.2, 0.25) is 0 Å². The summed E-state index contributed by atoms with van der Waals surface area (Å²) in [5.74, 6) is -0.180. The molecule has 0 radical (unpaired) electrons. The van der Waals surface area contributed by atoms with Gasteiger partial charge in [0, 0.05) is 19.0 Å². The third-order valence-corrected chi connectivity index (χ3v) is 3.87. The van der Waals surface area contributed by atoms with E-state index < -0.39 is 5.97 Å². The van der Waals surface area contributed by atoms with Gasteiger partial charge in [0.15, 0.2) is 0 Å². The Morgan fingerprint density at radius 2 is 1.75 bits per heavy atom. The van der Waals surface area contributed by atoms with Crippen LogP contribution in [0.4, 0.5) is 0 Å². The van der Waals surface area contributed by atoms with Gasteiger partial charge in [-0.2, -0.15) is 0 Å². The van der Waals surface area contributed by atoms with Gasteiger partial charge in [0.25, 0.3) is 0 Å². The molecule has 0 bridgehead atoms. The van der Waals surface area contributed by atoms with Gasteiger partial charge in [0.1, 0.15) is 0 Å². The van der Waals surface area contributed by atoms with Crippen LogP contribution in [-0.2, 0) is 9.59 Å². The average molecular weight is 225 g/mol. The number of piperidine rings is 1. The van der Waals surface area contributed by atoms with E-state index in [9.17, 15) is 9.59 Å². The van der Waals surface area contributed by atoms with Crippen LogP contribution in [0.15, 0.2) is 0 Å². The summed E-state index contributed by atoms with van der Waals surface area (Å²) < 4.78 is 0. The van der Waals surface area contributed by atoms with Gasteiger partial charge in [-0.25, -0.2) is 0 Å². The molecular formula is C12H19NO3. The number of carbonyl (C=O) groups is 2. The first-order chi connectivity index (χ1) is 7.59. The maximum Gasteiger partial charge on any atom is 0.306 e. The number of carbonyl (C=O) groups excluding carboxylic acids is 1. The molecule has 1 saturated carbocycles. The Kier molecular flexibility index (Phi) is 3.17. The summed E-state index contributed by atoms with van der Waals surface area (Å²) in [6, 6.07) is 0. The van der Waals surface area contributed by atoms with Crippen molar-refractivity contribution in [3.05, 3.63) is 0 Å². The second-order valence-corrected chi connectivity index (χ2v) is 5.06. The van der Waals surface area contributed by atoms with Crippen molar-refractivity contribution in [3.8, 4) is 0 Å². The van der Waals surface area contributed by atoms with Crippen molar-refractivity contribution in [2.24, 2.45) is 17.8 Å². The maximum atomic E-state index is 11.8. The number of amides is 1. The van der Waals surface area contributed by atoms with E-state index in [2.05, 4.69) is 0 Å². The van der Waals surface area contributed by atoms with Crippen LogP contribution in [0.3, 0.4) is 0 Å². The Balaban J connectivity index is 1.81. The number of likely N-dealkylation sites (tertiary alicyclic amines) is 1. The van der Waals surface area contributed by atoms with E-state index in [0.717, 1.165) is 38.8 Å². The summed E-state index contributed by atoms with van der Waals surface area (Å²) in [5, 5.41) is 8.93. The molecule has 90 valence electrons. The fraction of sp³-hybridized carbons (Fsp3) is 0.833. The predicted octanol–water partition coefficient (Wildman–Crippen LogP) is 1.36. The molecule has 4 nitrogen and oxygen atoms in total. The second-order valence-electron chi connectivity index (χ2n) is 5.06. The normalized spacial score (nSPS) is 24.2. The van der Waals surface area contributed by atoms with Crippen LogP contribution in [0.5, 0.6) is 0 Å². The lowest BCUT2D eigenvalue weighted by Gasteiger charge is -2.33. The molecular weight excluding hydrogens is 206 g/mol. The fourth-order valence-electron chi connectivity index (χ4n) is 2.41. The Bertz CT molecular complexity index is 291. The van der Waals surface area contributed by atoms with Crippen LogP contribution < -0.4 is 0 Å². The minimum absolute atomic E-state index is 0.237. The summed E-state index contributed by atoms with van der Waals surface area (Å²) in [4.78, 5) is 24.6. The van der Waals surface area contributed by atoms with E-state index in [1.165, 1.54) is 0 Å². The number of hydrogen-bond donors (Lipinski definition) is 1. The van der Waals surface area contributed by atoms with Gasteiger partial charge >= 0.3 is 5.97 Å². The highest BCUT2D eigenvalue weighted by Crippen LogP contribution is 2.33. The summed E-state index contributed by atoms with van der Waals surface area (Å²) in [5.41, 5.74) is 0. The third-order valence-electron chi connectivity index (χ3n) is 3.87. The largest absolute Gasteiger partial charge is 0.481 e. The van der Waals surface area contributed by atoms with Gasteiger partial charge in [-0.1, -0.05) is 6.92 Å². The standard InChI is InChI=1S/C12H19NO3/c1-8(12(15)16)9-4-6-13(7-5-9)11(14)10-2-3-10/h8-10H,2-7H2,1H3,(H,15,16). The molecule has 2 fully saturated rings. The molecule has 1 amide bonds. The molecule has 0 aromatic carbocycles. The Labute approximate surface area is 95.6 Å². The maximum absolute atomic E-state index is 11.8. The molecule has 0 aromatic rings. The molecule has 1 unspecified atom stereocenters. The number of hydrogen-bond acceptors (Lipinski definition) is 2. The second kappa shape index (κ2) is 4.44. The number of aliphatic carboxylic acids is 1. The van der Waals surface area contributed by atoms with E-state index >= 15 is 0 Å². The van der Waals surface area contributed by atoms with E-state index in [0.29, 0.717) is 5.91 Å². The van der Waals surface area contributed by atoms with Gasteiger partial charge in [0.05, 0.1) is 5.92 Å². The minimum Gasteiger partial charge on any atom is -0.481 e. The van der Waals surface area contributed by atoms with E-state index in [1.54, 1.807) is 6.92 Å². The number of carboxylic acid groups (broad SMARTS) is 1. The highest BCUT2D eigenvalue weighted by Gasteiger charge is 2.36. The van der Waals surface area contributed by atoms with Crippen molar-refractivity contribution < 1.29 is 14.7 Å². The van der Waals surface area contributed by atoms with Gasteiger partial charge in [-0.15, -0.1) is 0 Å². The summed E-state index contributed by atoms with van der Waals surface area (Å²) in [6.07, 6.45) is 3.77. The first kappa shape index (κ1) is 11.4. The smallest absolute Gasteiger partial charge is 0.306 e. The average Bonchev–Trinajstić information content (AvgIpc) is 3.11. The van der Waals surface area contributed by atoms with E-state index in [-0.39, 0.29) is 17.8 Å². The molecule has 0 spiro atoms. The van der Waals surface area contributed by atoms with Crippen LogP contribution in [0, 0.1) is 17.8 Å². The predicted molar refractivity (Wildman–Crippen MR) is 58.8 cm³/mol. The van der Waals surface area contributed by atoms with E-state index in [4.69, 9.17) is 5.11 Å². The highest BCUT2D eigenvalue weighted by atomic mass is 16.4. The molecule has 1 N–H and O–H groups in total. The quantitative estimate of drug-likeness (QED) is 0.789. The summed E-state index contributed by atoms with van der Waals surface area (Å²) in [6.45, 7) is 3.26. The molecule has 1 aliphatic carbocycles. The van der Waals surface area contributed by atoms with Crippen molar-refractivity contribution in [1.29, 1.82) is 0 Å². The Hall–Kier alpha value is -1.06. The molecule has 1 saturated heterocycles. The number of nitrogens with zero attached hydrogens (tertiary/aromatic N) is 1. The molecule has 0 aromatic heterocycles. The first-order valence-corrected chi connectivity index (χ1v) is 6.11. The zero-order valence-electron chi connectivity index (χ0n) is 9.69. The first-order valence-electron chi connectivity index (χ1n) is 6.11. The molecule has 2 rings (SSSR count). The molecule has 16 heavy (non-hydrogen) atoms. The van der Waals surface area contributed by atoms with Gasteiger partial charge in [-0.3, -0.25) is 9.59 Å². The lowest BCUT2D eigenvalue weighted by molar-refractivity contribution is -0.144. The van der Waals surface area contributed by atoms with Crippen molar-refractivity contribution in [2.75, 3.05) is 13.1 Å². The van der Waals surface area contributed by atoms with E-state index in [1.807, 2.05) is 4.90 Å². The topological polar surface area (TPSA) is 57.6 Å². The monoisotopic (exact) mass is 225 g/mol. The summed E-state index contributed by atoms with van der Waals surface area (Å²) >= 11 is 0. The molecule has 2 aliphatic rings. The third kappa shape index (κ3) is 2.36. The zero-order valence-corrected chi connectivity index (χ0v) is 9.69. The van der Waals surface area contributed by atoms with Crippen molar-refractivity contribution in [1.82, 2.24) is 4.90 Å². The van der Waals surface area contributed by atoms with Crippen LogP contribution in [0.1, 0.15) is 32.6 Å². The Morgan fingerprint density at radius 3 is 2.19 bits per heavy atom. The Morgan fingerprint density at radius 1 is 1.19 bits per heavy atom. The minimum atomic E-state index is -0.716. The molecule has 4 heteroatoms. The summed E-state index contributed by atoms with van der Waals surface area (Å²) in [7, 11) is 0. The van der Waals surface area contributed by atoms with Crippen molar-refractivity contribution in [3.63, 3.8) is 0 Å². The van der Waals surface area contributed by atoms with Gasteiger partial charge < -0.3 is 10.0 Å². The highest BCUT2D eigenvalue weighted by molar-refractivity contribution is 5.81. The molecule has 1 aliphatic heterocycles. The van der Waals surface area contributed by atoms with Crippen LogP contribution >= 0.6 is 0 Å². The SMILES string of the molecule is CC(C(=O)O)C1CCN(C(=O)C2CC2)CC1. The number of carboxylic acids is 1. The fourth-order valence-corrected chi connectivity index (χ4v) is 2.41. The lowest BCUT2D eigenvalue weighted by Crippen LogP contribution is -2.41. The van der Waals surface area contributed by atoms with Crippen LogP contribution in [0.25, 0.3) is 0 Å². The van der Waals surface area contributed by atoms with Gasteiger partial charge in [-0.05, 0) is 31.6 Å². The van der Waals surface area contributed by atoms with Crippen LogP contribution in [-0.4, -0.2) is 35.0 Å². The molecule has 1 heterocycles. The van der Waals surface area contributed by atoms with Gasteiger partial charge in [0.2, 0.25) is 5.91 Å². The van der Waals surface area contributed by atoms with Crippen molar-refractivity contribution in [2.45, 2.75) is 32.6 Å².